The van der Waals surface area contributed by atoms with E-state index in [4.69, 9.17) is 4.74 Å². The minimum absolute atomic E-state index is 0.0596. The molecular weight excluding hydrogens is 397 g/mol. The molecule has 4 fully saturated rings. The summed E-state index contributed by atoms with van der Waals surface area (Å²) in [5.74, 6) is 0.589. The first-order valence-electron chi connectivity index (χ1n) is 11.7. The van der Waals surface area contributed by atoms with Crippen LogP contribution in [0.25, 0.3) is 5.65 Å². The molecule has 31 heavy (non-hydrogen) atoms. The van der Waals surface area contributed by atoms with Crippen LogP contribution in [0.5, 0.6) is 0 Å². The molecule has 7 nitrogen and oxygen atoms in total. The van der Waals surface area contributed by atoms with E-state index in [0.29, 0.717) is 32.0 Å². The van der Waals surface area contributed by atoms with Gasteiger partial charge in [-0.25, -0.2) is 9.37 Å². The Morgan fingerprint density at radius 1 is 1.13 bits per heavy atom. The van der Waals surface area contributed by atoms with Crippen molar-refractivity contribution in [3.05, 3.63) is 24.3 Å². The maximum Gasteiger partial charge on any atom is 0.257 e. The van der Waals surface area contributed by atoms with Crippen molar-refractivity contribution in [2.75, 3.05) is 18.0 Å². The summed E-state index contributed by atoms with van der Waals surface area (Å²) in [6.07, 6.45) is 12.4. The van der Waals surface area contributed by atoms with Crippen LogP contribution in [-0.2, 0) is 9.53 Å². The Morgan fingerprint density at radius 2 is 1.90 bits per heavy atom. The van der Waals surface area contributed by atoms with Crippen LogP contribution in [0.1, 0.15) is 64.7 Å². The molecule has 0 bridgehead atoms. The van der Waals surface area contributed by atoms with E-state index in [2.05, 4.69) is 26.8 Å². The number of halogens is 1. The van der Waals surface area contributed by atoms with E-state index in [1.54, 1.807) is 10.7 Å². The van der Waals surface area contributed by atoms with Gasteiger partial charge in [-0.1, -0.05) is 26.2 Å². The Hall–Kier alpha value is -2.22. The zero-order chi connectivity index (χ0) is 21.2. The molecule has 1 spiro atoms. The van der Waals surface area contributed by atoms with Crippen LogP contribution in [-0.4, -0.2) is 56.4 Å². The number of carbonyl (C=O) groups is 1. The van der Waals surface area contributed by atoms with Gasteiger partial charge in [0.25, 0.3) is 5.91 Å². The average molecular weight is 428 g/mol. The molecule has 0 aromatic carbocycles. The zero-order valence-corrected chi connectivity index (χ0v) is 18.1. The number of carbonyl (C=O) groups excluding carboxylic acids is 1. The number of ether oxygens (including phenoxy) is 1. The van der Waals surface area contributed by atoms with E-state index in [-0.39, 0.29) is 23.2 Å². The highest BCUT2D eigenvalue weighted by atomic mass is 19.1. The number of hydrogen-bond acceptors (Lipinski definition) is 5. The molecule has 2 aromatic rings. The minimum Gasteiger partial charge on any atom is -0.356 e. The molecule has 2 aromatic heterocycles. The normalized spacial score (nSPS) is 29.8. The number of rotatable bonds is 2. The van der Waals surface area contributed by atoms with Gasteiger partial charge in [0, 0.05) is 38.2 Å². The van der Waals surface area contributed by atoms with Gasteiger partial charge in [-0.3, -0.25) is 4.79 Å². The van der Waals surface area contributed by atoms with Crippen LogP contribution in [0.2, 0.25) is 0 Å². The Balaban J connectivity index is 1.21. The minimum atomic E-state index is -0.702. The third kappa shape index (κ3) is 2.83. The summed E-state index contributed by atoms with van der Waals surface area (Å²) in [6, 6.07) is 2.17. The number of fused-ring (bicyclic) bond motifs is 2. The molecule has 1 amide bonds. The molecule has 3 saturated heterocycles. The monoisotopic (exact) mass is 427 g/mol. The fourth-order valence-electron chi connectivity index (χ4n) is 6.61. The highest BCUT2D eigenvalue weighted by Crippen LogP contribution is 2.51. The Kier molecular flexibility index (Phi) is 4.32. The standard InChI is InChI=1S/C23H30FN5O2/c1-22(8-3-2-4-9-22)17-5-6-19-28(17)21(30)23(31-19)10-13-27(14-11-23)18-7-12-25-20-16(24)15-26-29(18)20/h7,12,15,17,19H,2-6,8-11,13-14H2,1H3/t17-,19+/m0/s1. The first-order chi connectivity index (χ1) is 15.0. The maximum atomic E-state index is 13.9. The van der Waals surface area contributed by atoms with Crippen LogP contribution < -0.4 is 4.90 Å². The van der Waals surface area contributed by atoms with Gasteiger partial charge in [-0.15, -0.1) is 0 Å². The average Bonchev–Trinajstić information content (AvgIpc) is 3.44. The van der Waals surface area contributed by atoms with Crippen molar-refractivity contribution >= 4 is 17.4 Å². The first-order valence-corrected chi connectivity index (χ1v) is 11.7. The summed E-state index contributed by atoms with van der Waals surface area (Å²) >= 11 is 0. The van der Waals surface area contributed by atoms with Gasteiger partial charge < -0.3 is 14.5 Å². The number of hydrogen-bond donors (Lipinski definition) is 0. The summed E-state index contributed by atoms with van der Waals surface area (Å²) < 4.78 is 22.0. The van der Waals surface area contributed by atoms with E-state index < -0.39 is 11.4 Å². The summed E-state index contributed by atoms with van der Waals surface area (Å²) in [6.45, 7) is 3.74. The van der Waals surface area contributed by atoms with E-state index in [1.165, 1.54) is 38.3 Å². The van der Waals surface area contributed by atoms with E-state index >= 15 is 0 Å². The second kappa shape index (κ2) is 6.89. The molecule has 0 N–H and O–H groups in total. The molecular formula is C23H30FN5O2. The fraction of sp³-hybridized carbons (Fsp3) is 0.696. The molecule has 1 aliphatic carbocycles. The molecule has 5 heterocycles. The quantitative estimate of drug-likeness (QED) is 0.734. The van der Waals surface area contributed by atoms with Crippen molar-refractivity contribution in [2.45, 2.75) is 82.6 Å². The smallest absolute Gasteiger partial charge is 0.257 e. The molecule has 6 rings (SSSR count). The Morgan fingerprint density at radius 3 is 2.68 bits per heavy atom. The van der Waals surface area contributed by atoms with Crippen LogP contribution >= 0.6 is 0 Å². The van der Waals surface area contributed by atoms with Gasteiger partial charge in [-0.2, -0.15) is 9.61 Å². The van der Waals surface area contributed by atoms with E-state index in [1.807, 2.05) is 6.07 Å². The zero-order valence-electron chi connectivity index (χ0n) is 18.1. The predicted molar refractivity (Wildman–Crippen MR) is 113 cm³/mol. The topological polar surface area (TPSA) is 63.0 Å². The van der Waals surface area contributed by atoms with E-state index in [0.717, 1.165) is 18.7 Å². The molecule has 0 radical (unpaired) electrons. The Bertz CT molecular complexity index is 1010. The molecule has 1 saturated carbocycles. The fourth-order valence-corrected chi connectivity index (χ4v) is 6.61. The van der Waals surface area contributed by atoms with Crippen LogP contribution in [0, 0.1) is 11.2 Å². The molecule has 3 aliphatic heterocycles. The largest absolute Gasteiger partial charge is 0.356 e. The van der Waals surface area contributed by atoms with E-state index in [9.17, 15) is 9.18 Å². The second-order valence-electron chi connectivity index (χ2n) is 10.1. The van der Waals surface area contributed by atoms with Gasteiger partial charge in [0.1, 0.15) is 12.0 Å². The SMILES string of the molecule is CC1([C@@H]2CC[C@H]3OC4(CCN(c5ccnc6c(F)cnn56)CC4)C(=O)N23)CCCCC1. The summed E-state index contributed by atoms with van der Waals surface area (Å²) in [4.78, 5) is 22.1. The number of anilines is 1. The van der Waals surface area contributed by atoms with Crippen LogP contribution in [0.3, 0.4) is 0 Å². The summed E-state index contributed by atoms with van der Waals surface area (Å²) in [7, 11) is 0. The molecule has 8 heteroatoms. The van der Waals surface area contributed by atoms with Crippen molar-refractivity contribution in [3.8, 4) is 0 Å². The van der Waals surface area contributed by atoms with Gasteiger partial charge in [-0.05, 0) is 37.2 Å². The lowest BCUT2D eigenvalue weighted by Crippen LogP contribution is -2.53. The second-order valence-corrected chi connectivity index (χ2v) is 10.1. The van der Waals surface area contributed by atoms with Crippen molar-refractivity contribution in [1.29, 1.82) is 0 Å². The van der Waals surface area contributed by atoms with Gasteiger partial charge >= 0.3 is 0 Å². The maximum absolute atomic E-state index is 13.9. The Labute approximate surface area is 181 Å². The van der Waals surface area contributed by atoms with Gasteiger partial charge in [0.15, 0.2) is 17.1 Å². The van der Waals surface area contributed by atoms with Crippen LogP contribution in [0.4, 0.5) is 10.2 Å². The van der Waals surface area contributed by atoms with Gasteiger partial charge in [0.2, 0.25) is 0 Å². The lowest BCUT2D eigenvalue weighted by molar-refractivity contribution is -0.141. The molecule has 0 unspecified atom stereocenters. The highest BCUT2D eigenvalue weighted by molar-refractivity contribution is 5.88. The molecule has 2 atom stereocenters. The molecule has 166 valence electrons. The van der Waals surface area contributed by atoms with Crippen molar-refractivity contribution in [2.24, 2.45) is 5.41 Å². The third-order valence-electron chi connectivity index (χ3n) is 8.35. The third-order valence-corrected chi connectivity index (χ3v) is 8.35. The van der Waals surface area contributed by atoms with Crippen molar-refractivity contribution < 1.29 is 13.9 Å². The predicted octanol–water partition coefficient (Wildman–Crippen LogP) is 3.53. The summed E-state index contributed by atoms with van der Waals surface area (Å²) in [5, 5.41) is 4.14. The van der Waals surface area contributed by atoms with Crippen molar-refractivity contribution in [3.63, 3.8) is 0 Å². The lowest BCUT2D eigenvalue weighted by atomic mass is 9.69. The highest BCUT2D eigenvalue weighted by Gasteiger charge is 2.60. The van der Waals surface area contributed by atoms with Gasteiger partial charge in [0.05, 0.1) is 6.20 Å². The van der Waals surface area contributed by atoms with Crippen molar-refractivity contribution in [1.82, 2.24) is 19.5 Å². The number of nitrogens with zero attached hydrogens (tertiary/aromatic N) is 5. The lowest BCUT2D eigenvalue weighted by Gasteiger charge is -2.43. The number of amides is 1. The summed E-state index contributed by atoms with van der Waals surface area (Å²) in [5.41, 5.74) is -0.243. The molecule has 4 aliphatic rings. The number of aromatic nitrogens is 3. The van der Waals surface area contributed by atoms with Crippen LogP contribution in [0.15, 0.2) is 18.5 Å². The first kappa shape index (κ1) is 19.5. The number of piperidine rings is 1.